The van der Waals surface area contributed by atoms with Crippen molar-refractivity contribution in [3.05, 3.63) is 85.0 Å². The molecule has 1 atom stereocenters. The van der Waals surface area contributed by atoms with Gasteiger partial charge in [0.1, 0.15) is 0 Å². The number of hydrogen-bond acceptors (Lipinski definition) is 2. The van der Waals surface area contributed by atoms with E-state index in [-0.39, 0.29) is 6.10 Å². The summed E-state index contributed by atoms with van der Waals surface area (Å²) < 4.78 is 12.8. The molecule has 0 amide bonds. The second-order valence-corrected chi connectivity index (χ2v) is 8.68. The quantitative estimate of drug-likeness (QED) is 0.761. The highest BCUT2D eigenvalue weighted by Gasteiger charge is 2.44. The number of hydrogen-bond donors (Lipinski definition) is 0. The molecular formula is C20H22O2Si. The molecule has 0 saturated carbocycles. The average molecular weight is 322 g/mol. The van der Waals surface area contributed by atoms with Crippen LogP contribution < -0.4 is 10.4 Å². The first kappa shape index (κ1) is 15.9. The van der Waals surface area contributed by atoms with E-state index in [2.05, 4.69) is 36.9 Å². The summed E-state index contributed by atoms with van der Waals surface area (Å²) >= 11 is 0. The number of benzene rings is 2. The lowest BCUT2D eigenvalue weighted by molar-refractivity contribution is 0.174. The first-order valence-corrected chi connectivity index (χ1v) is 9.78. The fourth-order valence-electron chi connectivity index (χ4n) is 3.14. The fourth-order valence-corrected chi connectivity index (χ4v) is 6.23. The summed E-state index contributed by atoms with van der Waals surface area (Å²) in [5.74, 6) is 0. The minimum atomic E-state index is -2.73. The second-order valence-electron chi connectivity index (χ2n) is 5.64. The van der Waals surface area contributed by atoms with E-state index in [1.165, 1.54) is 5.57 Å². The van der Waals surface area contributed by atoms with Gasteiger partial charge in [0.05, 0.1) is 6.10 Å². The summed E-state index contributed by atoms with van der Waals surface area (Å²) in [5, 5.41) is 2.26. The van der Waals surface area contributed by atoms with Crippen LogP contribution in [0.25, 0.3) is 0 Å². The Balaban J connectivity index is 2.06. The monoisotopic (exact) mass is 322 g/mol. The molecule has 0 radical (unpaired) electrons. The highest BCUT2D eigenvalue weighted by Crippen LogP contribution is 2.26. The van der Waals surface area contributed by atoms with Crippen LogP contribution >= 0.6 is 0 Å². The molecule has 23 heavy (non-hydrogen) atoms. The molecule has 0 N–H and O–H groups in total. The Morgan fingerprint density at radius 2 is 1.57 bits per heavy atom. The largest absolute Gasteiger partial charge is 0.407 e. The molecule has 2 aromatic rings. The average Bonchev–Trinajstić information content (AvgIpc) is 3.08. The van der Waals surface area contributed by atoms with Crippen molar-refractivity contribution in [2.75, 3.05) is 7.11 Å². The maximum Gasteiger partial charge on any atom is 0.407 e. The van der Waals surface area contributed by atoms with E-state index in [1.54, 1.807) is 7.11 Å². The van der Waals surface area contributed by atoms with Crippen LogP contribution in [0.3, 0.4) is 0 Å². The molecule has 0 fully saturated rings. The van der Waals surface area contributed by atoms with E-state index in [0.29, 0.717) is 0 Å². The van der Waals surface area contributed by atoms with Crippen molar-refractivity contribution in [3.63, 3.8) is 0 Å². The van der Waals surface area contributed by atoms with Gasteiger partial charge in [-0.3, -0.25) is 0 Å². The van der Waals surface area contributed by atoms with E-state index >= 15 is 0 Å². The summed E-state index contributed by atoms with van der Waals surface area (Å²) in [4.78, 5) is 0. The molecular weight excluding hydrogens is 300 g/mol. The first-order chi connectivity index (χ1) is 11.3. The molecule has 3 rings (SSSR count). The van der Waals surface area contributed by atoms with Gasteiger partial charge in [0.15, 0.2) is 0 Å². The third kappa shape index (κ3) is 3.08. The van der Waals surface area contributed by atoms with Crippen LogP contribution in [0.2, 0.25) is 0 Å². The Morgan fingerprint density at radius 3 is 2.04 bits per heavy atom. The lowest BCUT2D eigenvalue weighted by Crippen LogP contribution is -2.64. The third-order valence-electron chi connectivity index (χ3n) is 4.32. The van der Waals surface area contributed by atoms with Gasteiger partial charge in [-0.1, -0.05) is 79.4 Å². The van der Waals surface area contributed by atoms with Gasteiger partial charge in [-0.25, -0.2) is 0 Å². The SMILES string of the molecule is C=CC1=CCCC1O[Si](OC)(c1ccccc1)c1ccccc1. The normalized spacial score (nSPS) is 17.8. The van der Waals surface area contributed by atoms with Crippen LogP contribution in [-0.4, -0.2) is 21.8 Å². The standard InChI is InChI=1S/C20H22O2Si/c1-3-17-11-10-16-20(17)22-23(21-2,18-12-6-4-7-13-18)19-14-8-5-9-15-19/h3-9,11-15,20H,1,10,16H2,2H3. The first-order valence-electron chi connectivity index (χ1n) is 7.96. The molecule has 0 saturated heterocycles. The van der Waals surface area contributed by atoms with E-state index in [1.807, 2.05) is 42.5 Å². The van der Waals surface area contributed by atoms with Crippen LogP contribution in [0, 0.1) is 0 Å². The summed E-state index contributed by atoms with van der Waals surface area (Å²) in [5.41, 5.74) is 1.17. The molecule has 0 spiro atoms. The molecule has 1 aliphatic rings. The van der Waals surface area contributed by atoms with Gasteiger partial charge >= 0.3 is 8.56 Å². The molecule has 118 valence electrons. The topological polar surface area (TPSA) is 18.5 Å². The lowest BCUT2D eigenvalue weighted by Gasteiger charge is -2.33. The maximum absolute atomic E-state index is 6.70. The third-order valence-corrected chi connectivity index (χ3v) is 7.70. The predicted octanol–water partition coefficient (Wildman–Crippen LogP) is 3.18. The van der Waals surface area contributed by atoms with Gasteiger partial charge in [0.25, 0.3) is 0 Å². The van der Waals surface area contributed by atoms with Crippen molar-refractivity contribution in [1.29, 1.82) is 0 Å². The molecule has 1 aliphatic carbocycles. The molecule has 3 heteroatoms. The summed E-state index contributed by atoms with van der Waals surface area (Å²) in [6.07, 6.45) is 6.19. The van der Waals surface area contributed by atoms with Crippen molar-refractivity contribution in [1.82, 2.24) is 0 Å². The Labute approximate surface area is 139 Å². The van der Waals surface area contributed by atoms with Crippen LogP contribution in [0.15, 0.2) is 85.0 Å². The van der Waals surface area contributed by atoms with Crippen molar-refractivity contribution in [2.45, 2.75) is 18.9 Å². The van der Waals surface area contributed by atoms with Crippen molar-refractivity contribution in [2.24, 2.45) is 0 Å². The fraction of sp³-hybridized carbons (Fsp3) is 0.200. The second kappa shape index (κ2) is 7.09. The highest BCUT2D eigenvalue weighted by molar-refractivity contribution is 6.92. The highest BCUT2D eigenvalue weighted by atomic mass is 28.4. The molecule has 0 aliphatic heterocycles. The minimum absolute atomic E-state index is 0.0551. The lowest BCUT2D eigenvalue weighted by atomic mass is 10.2. The summed E-state index contributed by atoms with van der Waals surface area (Å²) in [7, 11) is -0.971. The molecule has 0 heterocycles. The Morgan fingerprint density at radius 1 is 1.00 bits per heavy atom. The zero-order valence-corrected chi connectivity index (χ0v) is 14.4. The van der Waals surface area contributed by atoms with Gasteiger partial charge in [-0.05, 0) is 28.8 Å². The Hall–Kier alpha value is -1.94. The molecule has 0 aromatic heterocycles. The van der Waals surface area contributed by atoms with Crippen molar-refractivity contribution < 1.29 is 8.85 Å². The van der Waals surface area contributed by atoms with Crippen LogP contribution in [0.5, 0.6) is 0 Å². The van der Waals surface area contributed by atoms with Crippen molar-refractivity contribution in [3.8, 4) is 0 Å². The smallest absolute Gasteiger partial charge is 0.391 e. The molecule has 2 aromatic carbocycles. The van der Waals surface area contributed by atoms with Gasteiger partial charge in [-0.15, -0.1) is 0 Å². The van der Waals surface area contributed by atoms with Gasteiger partial charge in [-0.2, -0.15) is 0 Å². The molecule has 0 bridgehead atoms. The maximum atomic E-state index is 6.70. The van der Waals surface area contributed by atoms with Crippen molar-refractivity contribution >= 4 is 18.9 Å². The van der Waals surface area contributed by atoms with E-state index in [9.17, 15) is 0 Å². The molecule has 2 nitrogen and oxygen atoms in total. The van der Waals surface area contributed by atoms with Gasteiger partial charge in [0, 0.05) is 7.11 Å². The zero-order chi connectivity index (χ0) is 16.1. The van der Waals surface area contributed by atoms with Crippen LogP contribution in [0.4, 0.5) is 0 Å². The summed E-state index contributed by atoms with van der Waals surface area (Å²) in [6.45, 7) is 3.92. The van der Waals surface area contributed by atoms with Crippen LogP contribution in [0.1, 0.15) is 12.8 Å². The van der Waals surface area contributed by atoms with E-state index in [0.717, 1.165) is 23.2 Å². The number of rotatable bonds is 6. The van der Waals surface area contributed by atoms with Gasteiger partial charge in [0.2, 0.25) is 0 Å². The minimum Gasteiger partial charge on any atom is -0.391 e. The van der Waals surface area contributed by atoms with E-state index in [4.69, 9.17) is 8.85 Å². The zero-order valence-electron chi connectivity index (χ0n) is 13.4. The van der Waals surface area contributed by atoms with E-state index < -0.39 is 8.56 Å². The molecule has 1 unspecified atom stereocenters. The van der Waals surface area contributed by atoms with Crippen LogP contribution in [-0.2, 0) is 8.85 Å². The number of allylic oxidation sites excluding steroid dienone is 1. The Kier molecular flexibility index (Phi) is 4.91. The predicted molar refractivity (Wildman–Crippen MR) is 97.3 cm³/mol. The van der Waals surface area contributed by atoms with Gasteiger partial charge < -0.3 is 8.85 Å². The Bertz CT molecular complexity index is 640. The summed E-state index contributed by atoms with van der Waals surface area (Å²) in [6, 6.07) is 20.6.